The van der Waals surface area contributed by atoms with Crippen molar-refractivity contribution in [2.75, 3.05) is 0 Å². The van der Waals surface area contributed by atoms with E-state index in [0.29, 0.717) is 0 Å². The number of fused-ring (bicyclic) bond motifs is 2. The van der Waals surface area contributed by atoms with Gasteiger partial charge in [-0.2, -0.15) is 5.10 Å². The van der Waals surface area contributed by atoms with Gasteiger partial charge in [-0.05, 0) is 69.0 Å². The molecule has 37 heavy (non-hydrogen) atoms. The maximum absolute atomic E-state index is 6.25. The van der Waals surface area contributed by atoms with Crippen LogP contribution in [0.3, 0.4) is 0 Å². The number of aromatic nitrogens is 6. The zero-order valence-electron chi connectivity index (χ0n) is 20.5. The van der Waals surface area contributed by atoms with Crippen molar-refractivity contribution < 1.29 is 4.74 Å². The number of H-pyrrole nitrogens is 2. The zero-order valence-corrected chi connectivity index (χ0v) is 21.3. The van der Waals surface area contributed by atoms with Crippen molar-refractivity contribution in [1.82, 2.24) is 30.1 Å². The topological polar surface area (TPSA) is 92.4 Å². The van der Waals surface area contributed by atoms with E-state index >= 15 is 0 Å². The first-order valence-electron chi connectivity index (χ1n) is 12.7. The zero-order chi connectivity index (χ0) is 24.8. The highest BCUT2D eigenvalue weighted by atomic mass is 32.1. The maximum Gasteiger partial charge on any atom is 0.138 e. The fourth-order valence-corrected chi connectivity index (χ4v) is 6.10. The van der Waals surface area contributed by atoms with E-state index in [4.69, 9.17) is 4.74 Å². The quantitative estimate of drug-likeness (QED) is 0.256. The summed E-state index contributed by atoms with van der Waals surface area (Å²) >= 11 is 1.75. The second-order valence-corrected chi connectivity index (χ2v) is 11.0. The Morgan fingerprint density at radius 1 is 0.892 bits per heavy atom. The van der Waals surface area contributed by atoms with Crippen LogP contribution < -0.4 is 4.74 Å². The predicted octanol–water partition coefficient (Wildman–Crippen LogP) is 7.31. The van der Waals surface area contributed by atoms with E-state index in [1.54, 1.807) is 17.5 Å². The lowest BCUT2D eigenvalue weighted by Gasteiger charge is -2.22. The fourth-order valence-electron chi connectivity index (χ4n) is 5.22. The number of hydrogen-bond donors (Lipinski definition) is 2. The number of thiophene rings is 1. The van der Waals surface area contributed by atoms with Crippen LogP contribution in [0.1, 0.15) is 37.0 Å². The average molecular weight is 507 g/mol. The Kier molecular flexibility index (Phi) is 5.47. The monoisotopic (exact) mass is 506 g/mol. The minimum Gasteiger partial charge on any atom is -0.489 e. The van der Waals surface area contributed by atoms with E-state index in [1.165, 1.54) is 24.1 Å². The van der Waals surface area contributed by atoms with Crippen molar-refractivity contribution in [1.29, 1.82) is 0 Å². The summed E-state index contributed by atoms with van der Waals surface area (Å²) in [5.74, 6) is 0.804. The summed E-state index contributed by atoms with van der Waals surface area (Å²) < 4.78 is 6.25. The molecule has 0 amide bonds. The Morgan fingerprint density at radius 3 is 2.65 bits per heavy atom. The van der Waals surface area contributed by atoms with Crippen LogP contribution in [0.2, 0.25) is 0 Å². The Balaban J connectivity index is 1.26. The van der Waals surface area contributed by atoms with Gasteiger partial charge in [-0.1, -0.05) is 6.42 Å². The molecule has 1 aliphatic rings. The lowest BCUT2D eigenvalue weighted by molar-refractivity contribution is 0.154. The molecule has 8 heteroatoms. The summed E-state index contributed by atoms with van der Waals surface area (Å²) in [5, 5.41) is 9.86. The molecule has 2 N–H and O–H groups in total. The van der Waals surface area contributed by atoms with Gasteiger partial charge in [0.2, 0.25) is 0 Å². The molecule has 0 atom stereocenters. The molecule has 0 aliphatic heterocycles. The Hall–Kier alpha value is -4.04. The number of aryl methyl sites for hydroxylation is 1. The van der Waals surface area contributed by atoms with Crippen LogP contribution in [0.15, 0.2) is 61.2 Å². The molecule has 0 aromatic carbocycles. The molecule has 1 saturated carbocycles. The lowest BCUT2D eigenvalue weighted by Crippen LogP contribution is -2.19. The van der Waals surface area contributed by atoms with E-state index in [-0.39, 0.29) is 6.10 Å². The van der Waals surface area contributed by atoms with Crippen LogP contribution in [0.5, 0.6) is 5.75 Å². The van der Waals surface area contributed by atoms with Crippen LogP contribution in [-0.4, -0.2) is 36.2 Å². The average Bonchev–Trinajstić information content (AvgIpc) is 3.66. The number of aromatic amines is 2. The molecule has 6 aromatic rings. The van der Waals surface area contributed by atoms with Gasteiger partial charge in [-0.15, -0.1) is 11.3 Å². The minimum absolute atomic E-state index is 0.279. The molecule has 1 aliphatic carbocycles. The first-order chi connectivity index (χ1) is 18.2. The summed E-state index contributed by atoms with van der Waals surface area (Å²) in [6.07, 6.45) is 13.6. The number of rotatable bonds is 5. The van der Waals surface area contributed by atoms with Gasteiger partial charge in [-0.25, -0.2) is 0 Å². The number of ether oxygens (including phenoxy) is 1. The van der Waals surface area contributed by atoms with Crippen molar-refractivity contribution in [2.45, 2.75) is 45.1 Å². The third-order valence-electron chi connectivity index (χ3n) is 7.09. The molecule has 7 nitrogen and oxygen atoms in total. The van der Waals surface area contributed by atoms with Crippen molar-refractivity contribution in [3.05, 3.63) is 66.1 Å². The van der Waals surface area contributed by atoms with E-state index < -0.39 is 0 Å². The second-order valence-electron chi connectivity index (χ2n) is 9.69. The Labute approximate surface area is 218 Å². The summed E-state index contributed by atoms with van der Waals surface area (Å²) in [6.45, 7) is 2.12. The van der Waals surface area contributed by atoms with E-state index in [2.05, 4.69) is 61.3 Å². The van der Waals surface area contributed by atoms with Gasteiger partial charge in [-0.3, -0.25) is 20.1 Å². The van der Waals surface area contributed by atoms with Crippen molar-refractivity contribution in [3.8, 4) is 39.0 Å². The number of pyridine rings is 3. The van der Waals surface area contributed by atoms with Crippen LogP contribution in [0, 0.1) is 6.92 Å². The SMILES string of the molecule is Cc1ccc(-c2nccc3[nH]c(-c4n[nH]c5cnc(-c6cncc(OC7CCCCC7)c6)cc45)cc23)s1. The van der Waals surface area contributed by atoms with Crippen LogP contribution in [0.25, 0.3) is 55.0 Å². The van der Waals surface area contributed by atoms with Gasteiger partial charge < -0.3 is 9.72 Å². The molecule has 0 radical (unpaired) electrons. The van der Waals surface area contributed by atoms with Crippen LogP contribution in [0.4, 0.5) is 0 Å². The summed E-state index contributed by atoms with van der Waals surface area (Å²) in [7, 11) is 0. The molecule has 0 unspecified atom stereocenters. The van der Waals surface area contributed by atoms with E-state index in [9.17, 15) is 0 Å². The van der Waals surface area contributed by atoms with Crippen LogP contribution >= 0.6 is 11.3 Å². The predicted molar refractivity (Wildman–Crippen MR) is 148 cm³/mol. The van der Waals surface area contributed by atoms with Gasteiger partial charge in [0.25, 0.3) is 0 Å². The first-order valence-corrected chi connectivity index (χ1v) is 13.5. The molecular weight excluding hydrogens is 480 g/mol. The molecule has 0 spiro atoms. The fraction of sp³-hybridized carbons (Fsp3) is 0.241. The highest BCUT2D eigenvalue weighted by Crippen LogP contribution is 2.36. The van der Waals surface area contributed by atoms with Crippen molar-refractivity contribution >= 4 is 33.1 Å². The molecule has 1 fully saturated rings. The van der Waals surface area contributed by atoms with Crippen molar-refractivity contribution in [2.24, 2.45) is 0 Å². The third kappa shape index (κ3) is 4.17. The van der Waals surface area contributed by atoms with Crippen LogP contribution in [-0.2, 0) is 0 Å². The summed E-state index contributed by atoms with van der Waals surface area (Å²) in [5.41, 5.74) is 6.46. The summed E-state index contributed by atoms with van der Waals surface area (Å²) in [4.78, 5) is 19.8. The molecular formula is C29H26N6OS. The van der Waals surface area contributed by atoms with E-state index in [0.717, 1.165) is 73.6 Å². The lowest BCUT2D eigenvalue weighted by atomic mass is 9.98. The molecule has 184 valence electrons. The van der Waals surface area contributed by atoms with Gasteiger partial charge in [0.1, 0.15) is 11.4 Å². The van der Waals surface area contributed by atoms with Gasteiger partial charge in [0, 0.05) is 39.1 Å². The van der Waals surface area contributed by atoms with Gasteiger partial charge in [0.05, 0.1) is 46.0 Å². The van der Waals surface area contributed by atoms with Gasteiger partial charge in [0.15, 0.2) is 0 Å². The standard InChI is InChI=1S/C29H26N6OS/c1-17-7-8-27(37-17)29-21-13-25(33-23(21)9-10-31-29)28-22-12-24(32-16-26(22)34-35-28)18-11-20(15-30-14-18)36-19-5-3-2-4-6-19/h7-16,19,33H,2-6H2,1H3,(H,34,35). The highest BCUT2D eigenvalue weighted by Gasteiger charge is 2.18. The van der Waals surface area contributed by atoms with E-state index in [1.807, 2.05) is 30.7 Å². The Morgan fingerprint density at radius 2 is 1.78 bits per heavy atom. The molecule has 7 rings (SSSR count). The number of hydrogen-bond acceptors (Lipinski definition) is 6. The minimum atomic E-state index is 0.279. The number of nitrogens with one attached hydrogen (secondary N) is 2. The largest absolute Gasteiger partial charge is 0.489 e. The molecule has 6 heterocycles. The van der Waals surface area contributed by atoms with Gasteiger partial charge >= 0.3 is 0 Å². The molecule has 6 aromatic heterocycles. The first kappa shape index (κ1) is 22.2. The molecule has 0 bridgehead atoms. The van der Waals surface area contributed by atoms with Crippen molar-refractivity contribution in [3.63, 3.8) is 0 Å². The molecule has 0 saturated heterocycles. The number of nitrogens with zero attached hydrogens (tertiary/aromatic N) is 4. The third-order valence-corrected chi connectivity index (χ3v) is 8.10. The second kappa shape index (κ2) is 9.12. The highest BCUT2D eigenvalue weighted by molar-refractivity contribution is 7.15. The smallest absolute Gasteiger partial charge is 0.138 e. The summed E-state index contributed by atoms with van der Waals surface area (Å²) in [6, 6.07) is 12.5. The Bertz CT molecular complexity index is 1730. The normalized spacial score (nSPS) is 14.5. The maximum atomic E-state index is 6.25.